The van der Waals surface area contributed by atoms with E-state index in [0.29, 0.717) is 17.5 Å². The van der Waals surface area contributed by atoms with Gasteiger partial charge in [0, 0.05) is 34.5 Å². The van der Waals surface area contributed by atoms with Crippen LogP contribution in [-0.2, 0) is 5.41 Å². The maximum Gasteiger partial charge on any atom is 0.164 e. The Morgan fingerprint density at radius 3 is 1.46 bits per heavy atom. The maximum atomic E-state index is 5.06. The summed E-state index contributed by atoms with van der Waals surface area (Å²) in [5.41, 5.74) is 17.3. The van der Waals surface area contributed by atoms with Crippen LogP contribution in [0, 0.1) is 0 Å². The third kappa shape index (κ3) is 6.59. The fourth-order valence-electron chi connectivity index (χ4n) is 8.99. The lowest BCUT2D eigenvalue weighted by molar-refractivity contribution is 0.661. The smallest absolute Gasteiger partial charge is 0.164 e. The van der Waals surface area contributed by atoms with Crippen molar-refractivity contribution in [2.75, 3.05) is 0 Å². The number of aromatic nitrogens is 4. The quantitative estimate of drug-likeness (QED) is 0.162. The average molecular weight is 781 g/mol. The molecular formula is C57H40N4. The van der Waals surface area contributed by atoms with Crippen molar-refractivity contribution in [1.29, 1.82) is 0 Å². The number of hydrogen-bond donors (Lipinski definition) is 0. The minimum absolute atomic E-state index is 0.0594. The van der Waals surface area contributed by atoms with Crippen LogP contribution in [0.15, 0.2) is 207 Å². The van der Waals surface area contributed by atoms with Crippen molar-refractivity contribution >= 4 is 10.8 Å². The van der Waals surface area contributed by atoms with Gasteiger partial charge >= 0.3 is 0 Å². The van der Waals surface area contributed by atoms with E-state index < -0.39 is 0 Å². The lowest BCUT2D eigenvalue weighted by atomic mass is 9.82. The zero-order chi connectivity index (χ0) is 40.9. The molecule has 1 aliphatic rings. The minimum Gasteiger partial charge on any atom is -0.264 e. The molecule has 0 amide bonds. The third-order valence-electron chi connectivity index (χ3n) is 12.2. The molecule has 288 valence electrons. The second-order valence-electron chi connectivity index (χ2n) is 16.3. The first-order valence-corrected chi connectivity index (χ1v) is 20.8. The van der Waals surface area contributed by atoms with Crippen LogP contribution in [0.4, 0.5) is 0 Å². The normalized spacial score (nSPS) is 12.6. The lowest BCUT2D eigenvalue weighted by Crippen LogP contribution is -2.14. The number of pyridine rings is 1. The Morgan fingerprint density at radius 2 is 0.820 bits per heavy atom. The lowest BCUT2D eigenvalue weighted by Gasteiger charge is -2.21. The number of rotatable bonds is 7. The van der Waals surface area contributed by atoms with Crippen molar-refractivity contribution in [1.82, 2.24) is 19.9 Å². The number of fused-ring (bicyclic) bond motifs is 5. The molecule has 2 heterocycles. The zero-order valence-electron chi connectivity index (χ0n) is 33.9. The first kappa shape index (κ1) is 36.3. The van der Waals surface area contributed by atoms with Crippen molar-refractivity contribution in [3.8, 4) is 89.8 Å². The molecule has 0 aliphatic heterocycles. The van der Waals surface area contributed by atoms with Gasteiger partial charge in [0.05, 0.1) is 0 Å². The first-order valence-electron chi connectivity index (χ1n) is 20.8. The van der Waals surface area contributed by atoms with Gasteiger partial charge in [-0.2, -0.15) is 0 Å². The van der Waals surface area contributed by atoms with E-state index in [1.807, 2.05) is 42.6 Å². The second kappa shape index (κ2) is 14.8. The van der Waals surface area contributed by atoms with E-state index in [2.05, 4.69) is 177 Å². The molecule has 0 fully saturated rings. The van der Waals surface area contributed by atoms with Crippen LogP contribution in [0.5, 0.6) is 0 Å². The fraction of sp³-hybridized carbons (Fsp3) is 0.0526. The molecule has 0 radical (unpaired) electrons. The number of benzene rings is 8. The van der Waals surface area contributed by atoms with E-state index in [1.54, 1.807) is 6.20 Å². The fourth-order valence-corrected chi connectivity index (χ4v) is 8.99. The van der Waals surface area contributed by atoms with Gasteiger partial charge in [0.25, 0.3) is 0 Å². The Hall–Kier alpha value is -7.82. The van der Waals surface area contributed by atoms with E-state index in [-0.39, 0.29) is 5.41 Å². The maximum absolute atomic E-state index is 5.06. The first-order chi connectivity index (χ1) is 30.0. The predicted octanol–water partition coefficient (Wildman–Crippen LogP) is 14.4. The van der Waals surface area contributed by atoms with Crippen molar-refractivity contribution in [3.63, 3.8) is 0 Å². The third-order valence-corrected chi connectivity index (χ3v) is 12.2. The Kier molecular flexibility index (Phi) is 8.79. The van der Waals surface area contributed by atoms with Gasteiger partial charge in [0.15, 0.2) is 17.5 Å². The van der Waals surface area contributed by atoms with Gasteiger partial charge in [-0.15, -0.1) is 0 Å². The van der Waals surface area contributed by atoms with E-state index >= 15 is 0 Å². The van der Waals surface area contributed by atoms with Crippen molar-refractivity contribution in [2.24, 2.45) is 0 Å². The highest BCUT2D eigenvalue weighted by molar-refractivity contribution is 6.03. The monoisotopic (exact) mass is 780 g/mol. The summed E-state index contributed by atoms with van der Waals surface area (Å²) in [4.78, 5) is 19.3. The van der Waals surface area contributed by atoms with Crippen molar-refractivity contribution in [3.05, 3.63) is 218 Å². The van der Waals surface area contributed by atoms with Crippen LogP contribution < -0.4 is 0 Å². The Bertz CT molecular complexity index is 3260. The standard InChI is InChI=1S/C57H40N4/c1-57(2)51-29-28-46(35-50(51)53-49-22-7-6-12-38(49)27-30-52(53)57)44-18-9-16-42(33-44)41-15-8-17-43(32-41)45-19-10-20-47(34-45)56-60-54(39-13-4-3-5-14-39)59-55(61-56)40-25-23-37(24-26-40)48-21-11-31-58-36-48/h3-36H,1-2H3. The largest absolute Gasteiger partial charge is 0.264 e. The number of nitrogens with zero attached hydrogens (tertiary/aromatic N) is 4. The Morgan fingerprint density at radius 1 is 0.344 bits per heavy atom. The highest BCUT2D eigenvalue weighted by Gasteiger charge is 2.36. The van der Waals surface area contributed by atoms with Gasteiger partial charge < -0.3 is 0 Å². The Labute approximate surface area is 356 Å². The van der Waals surface area contributed by atoms with Crippen LogP contribution in [0.3, 0.4) is 0 Å². The molecule has 0 saturated heterocycles. The molecule has 0 spiro atoms. The number of hydrogen-bond acceptors (Lipinski definition) is 4. The summed E-state index contributed by atoms with van der Waals surface area (Å²) in [6.07, 6.45) is 3.66. The molecule has 11 rings (SSSR count). The summed E-state index contributed by atoms with van der Waals surface area (Å²) < 4.78 is 0. The summed E-state index contributed by atoms with van der Waals surface area (Å²) in [7, 11) is 0. The molecule has 1 aliphatic carbocycles. The minimum atomic E-state index is -0.0594. The average Bonchev–Trinajstić information content (AvgIpc) is 3.57. The van der Waals surface area contributed by atoms with Crippen LogP contribution >= 0.6 is 0 Å². The van der Waals surface area contributed by atoms with Gasteiger partial charge in [-0.3, -0.25) is 4.98 Å². The van der Waals surface area contributed by atoms with E-state index in [1.165, 1.54) is 49.7 Å². The molecule has 10 aromatic rings. The predicted molar refractivity (Wildman–Crippen MR) is 251 cm³/mol. The SMILES string of the molecule is CC1(C)c2ccc(-c3cccc(-c4cccc(-c5cccc(-c6nc(-c7ccccc7)nc(-c7ccc(-c8cccnc8)cc7)n6)c5)c4)c3)cc2-c2c1ccc1ccccc21. The summed E-state index contributed by atoms with van der Waals surface area (Å²) in [5.74, 6) is 1.88. The van der Waals surface area contributed by atoms with E-state index in [0.717, 1.165) is 44.5 Å². The van der Waals surface area contributed by atoms with E-state index in [4.69, 9.17) is 15.0 Å². The summed E-state index contributed by atoms with van der Waals surface area (Å²) >= 11 is 0. The second-order valence-corrected chi connectivity index (χ2v) is 16.3. The zero-order valence-corrected chi connectivity index (χ0v) is 33.9. The van der Waals surface area contributed by atoms with Crippen LogP contribution in [0.25, 0.3) is 101 Å². The summed E-state index contributed by atoms with van der Waals surface area (Å²) in [6, 6.07) is 69.1. The van der Waals surface area contributed by atoms with Crippen molar-refractivity contribution < 1.29 is 0 Å². The molecule has 4 nitrogen and oxygen atoms in total. The molecule has 61 heavy (non-hydrogen) atoms. The van der Waals surface area contributed by atoms with Gasteiger partial charge in [0.2, 0.25) is 0 Å². The molecule has 2 aromatic heterocycles. The van der Waals surface area contributed by atoms with Gasteiger partial charge in [-0.25, -0.2) is 15.0 Å². The van der Waals surface area contributed by atoms with Gasteiger partial charge in [-0.05, 0) is 108 Å². The van der Waals surface area contributed by atoms with Crippen molar-refractivity contribution in [2.45, 2.75) is 19.3 Å². The topological polar surface area (TPSA) is 51.6 Å². The van der Waals surface area contributed by atoms with Gasteiger partial charge in [0.1, 0.15) is 0 Å². The highest BCUT2D eigenvalue weighted by Crippen LogP contribution is 2.52. The van der Waals surface area contributed by atoms with E-state index in [9.17, 15) is 0 Å². The molecule has 0 saturated carbocycles. The highest BCUT2D eigenvalue weighted by atomic mass is 15.0. The summed E-state index contributed by atoms with van der Waals surface area (Å²) in [6.45, 7) is 4.70. The molecule has 8 aromatic carbocycles. The Balaban J connectivity index is 0.932. The molecule has 0 bridgehead atoms. The van der Waals surface area contributed by atoms with Gasteiger partial charge in [-0.1, -0.05) is 178 Å². The molecule has 0 N–H and O–H groups in total. The molecule has 0 atom stereocenters. The molecular weight excluding hydrogens is 741 g/mol. The van der Waals surface area contributed by atoms with Crippen LogP contribution in [-0.4, -0.2) is 19.9 Å². The molecule has 0 unspecified atom stereocenters. The molecule has 4 heteroatoms. The summed E-state index contributed by atoms with van der Waals surface area (Å²) in [5, 5.41) is 2.60. The van der Waals surface area contributed by atoms with Crippen LogP contribution in [0.1, 0.15) is 25.0 Å². The van der Waals surface area contributed by atoms with Crippen LogP contribution in [0.2, 0.25) is 0 Å².